The lowest BCUT2D eigenvalue weighted by molar-refractivity contribution is -0.144. The van der Waals surface area contributed by atoms with Gasteiger partial charge < -0.3 is 25.7 Å². The second-order valence-electron chi connectivity index (χ2n) is 4.60. The first kappa shape index (κ1) is 17.9. The molecule has 9 nitrogen and oxygen atoms in total. The Morgan fingerprint density at radius 2 is 2.05 bits per heavy atom. The molecule has 1 aliphatic heterocycles. The van der Waals surface area contributed by atoms with Crippen LogP contribution in [0.3, 0.4) is 0 Å². The summed E-state index contributed by atoms with van der Waals surface area (Å²) in [4.78, 5) is 21.0. The lowest BCUT2D eigenvalue weighted by Crippen LogP contribution is -2.22. The van der Waals surface area contributed by atoms with E-state index in [9.17, 15) is 9.59 Å². The number of anilines is 1. The Balaban J connectivity index is 0.000000295. The second-order valence-corrected chi connectivity index (χ2v) is 4.60. The molecule has 1 saturated heterocycles. The highest BCUT2D eigenvalue weighted by atomic mass is 16.6. The number of aromatic nitrogens is 2. The summed E-state index contributed by atoms with van der Waals surface area (Å²) in [6.07, 6.45) is 3.15. The molecular formula is C13H22N4O5. The fraction of sp³-hybridized carbons (Fsp3) is 0.615. The van der Waals surface area contributed by atoms with Crippen LogP contribution in [0.1, 0.15) is 29.2 Å². The van der Waals surface area contributed by atoms with Gasteiger partial charge in [0.05, 0.1) is 19.3 Å². The number of primary amides is 1. The van der Waals surface area contributed by atoms with E-state index in [-0.39, 0.29) is 18.6 Å². The van der Waals surface area contributed by atoms with Crippen LogP contribution in [0.5, 0.6) is 0 Å². The molecule has 9 heteroatoms. The third-order valence-electron chi connectivity index (χ3n) is 3.13. The van der Waals surface area contributed by atoms with Crippen molar-refractivity contribution in [3.8, 4) is 0 Å². The smallest absolute Gasteiger partial charge is 0.331 e. The number of hydrogen-bond donors (Lipinski definition) is 2. The van der Waals surface area contributed by atoms with Crippen molar-refractivity contribution in [3.63, 3.8) is 0 Å². The van der Waals surface area contributed by atoms with Gasteiger partial charge >= 0.3 is 5.97 Å². The van der Waals surface area contributed by atoms with E-state index in [0.29, 0.717) is 24.6 Å². The van der Waals surface area contributed by atoms with Crippen LogP contribution in [0.4, 0.5) is 5.82 Å². The lowest BCUT2D eigenvalue weighted by Gasteiger charge is -2.23. The Hall–Kier alpha value is -2.13. The molecule has 0 aliphatic carbocycles. The minimum Gasteiger partial charge on any atom is -0.467 e. The quantitative estimate of drug-likeness (QED) is 0.730. The molecule has 0 unspecified atom stereocenters. The normalized spacial score (nSPS) is 14.8. The fourth-order valence-corrected chi connectivity index (χ4v) is 1.96. The number of nitrogens with two attached hydrogens (primary N) is 2. The summed E-state index contributed by atoms with van der Waals surface area (Å²) in [6, 6.07) is 0.215. The van der Waals surface area contributed by atoms with Gasteiger partial charge in [-0.2, -0.15) is 5.10 Å². The topological polar surface area (TPSA) is 132 Å². The van der Waals surface area contributed by atoms with E-state index in [2.05, 4.69) is 14.6 Å². The minimum absolute atomic E-state index is 0.0382. The molecule has 1 aromatic rings. The van der Waals surface area contributed by atoms with Gasteiger partial charge in [-0.1, -0.05) is 0 Å². The standard InChI is InChI=1S/C9H14N4O2.C4H8O3/c10-8-7(9(11)14)5-12-13(8)6-1-3-15-4-2-6;1-6-3-4(5)7-2/h5-6H,1-4,10H2,(H2,11,14);3H2,1-2H3. The summed E-state index contributed by atoms with van der Waals surface area (Å²) in [6.45, 7) is 1.45. The molecule has 1 aliphatic rings. The maximum atomic E-state index is 11.0. The summed E-state index contributed by atoms with van der Waals surface area (Å²) >= 11 is 0. The van der Waals surface area contributed by atoms with Gasteiger partial charge in [-0.25, -0.2) is 9.48 Å². The number of nitrogens with zero attached hydrogens (tertiary/aromatic N) is 2. The van der Waals surface area contributed by atoms with Crippen molar-refractivity contribution in [2.75, 3.05) is 39.8 Å². The molecule has 0 aromatic carbocycles. The molecule has 2 heterocycles. The predicted molar refractivity (Wildman–Crippen MR) is 78.1 cm³/mol. The van der Waals surface area contributed by atoms with Crippen molar-refractivity contribution in [1.82, 2.24) is 9.78 Å². The molecule has 124 valence electrons. The van der Waals surface area contributed by atoms with Crippen LogP contribution >= 0.6 is 0 Å². The van der Waals surface area contributed by atoms with E-state index in [0.717, 1.165) is 12.8 Å². The van der Waals surface area contributed by atoms with Gasteiger partial charge in [0.15, 0.2) is 0 Å². The summed E-state index contributed by atoms with van der Waals surface area (Å²) in [5.74, 6) is -0.525. The number of carbonyl (C=O) groups is 2. The highest BCUT2D eigenvalue weighted by Gasteiger charge is 2.21. The van der Waals surface area contributed by atoms with Crippen molar-refractivity contribution in [2.24, 2.45) is 5.73 Å². The number of esters is 1. The Morgan fingerprint density at radius 3 is 2.45 bits per heavy atom. The lowest BCUT2D eigenvalue weighted by atomic mass is 10.1. The first-order valence-electron chi connectivity index (χ1n) is 6.77. The van der Waals surface area contributed by atoms with Gasteiger partial charge in [0.25, 0.3) is 5.91 Å². The molecule has 1 fully saturated rings. The van der Waals surface area contributed by atoms with Crippen molar-refractivity contribution in [3.05, 3.63) is 11.8 Å². The molecular weight excluding hydrogens is 292 g/mol. The van der Waals surface area contributed by atoms with Crippen LogP contribution in [0.25, 0.3) is 0 Å². The fourth-order valence-electron chi connectivity index (χ4n) is 1.96. The van der Waals surface area contributed by atoms with Crippen LogP contribution in [0.2, 0.25) is 0 Å². The van der Waals surface area contributed by atoms with Crippen LogP contribution < -0.4 is 11.5 Å². The van der Waals surface area contributed by atoms with Gasteiger partial charge in [-0.15, -0.1) is 0 Å². The Labute approximate surface area is 128 Å². The van der Waals surface area contributed by atoms with Crippen molar-refractivity contribution in [2.45, 2.75) is 18.9 Å². The highest BCUT2D eigenvalue weighted by Crippen LogP contribution is 2.24. The molecule has 1 aromatic heterocycles. The van der Waals surface area contributed by atoms with E-state index < -0.39 is 5.91 Å². The van der Waals surface area contributed by atoms with Gasteiger partial charge in [0, 0.05) is 20.3 Å². The highest BCUT2D eigenvalue weighted by molar-refractivity contribution is 5.96. The van der Waals surface area contributed by atoms with Crippen LogP contribution in [0, 0.1) is 0 Å². The SMILES string of the molecule is COCC(=O)OC.NC(=O)c1cnn(C2CCOCC2)c1N. The number of rotatable bonds is 4. The predicted octanol–water partition coefficient (Wildman–Crippen LogP) is -0.278. The van der Waals surface area contributed by atoms with Gasteiger partial charge in [-0.3, -0.25) is 4.79 Å². The summed E-state index contributed by atoms with van der Waals surface area (Å²) in [7, 11) is 2.76. The zero-order valence-electron chi connectivity index (χ0n) is 12.8. The van der Waals surface area contributed by atoms with E-state index >= 15 is 0 Å². The van der Waals surface area contributed by atoms with Crippen molar-refractivity contribution in [1.29, 1.82) is 0 Å². The van der Waals surface area contributed by atoms with Gasteiger partial charge in [0.1, 0.15) is 18.0 Å². The number of methoxy groups -OCH3 is 2. The molecule has 2 rings (SSSR count). The Morgan fingerprint density at radius 1 is 1.41 bits per heavy atom. The van der Waals surface area contributed by atoms with E-state index in [1.54, 1.807) is 4.68 Å². The first-order valence-corrected chi connectivity index (χ1v) is 6.77. The van der Waals surface area contributed by atoms with Crippen molar-refractivity contribution >= 4 is 17.7 Å². The molecule has 22 heavy (non-hydrogen) atoms. The largest absolute Gasteiger partial charge is 0.467 e. The summed E-state index contributed by atoms with van der Waals surface area (Å²) in [5, 5.41) is 4.10. The average Bonchev–Trinajstić information content (AvgIpc) is 2.91. The minimum atomic E-state index is -0.536. The number of hydrogen-bond acceptors (Lipinski definition) is 7. The molecule has 0 atom stereocenters. The number of nitrogen functional groups attached to an aromatic ring is 1. The van der Waals surface area contributed by atoms with E-state index in [1.807, 2.05) is 0 Å². The van der Waals surface area contributed by atoms with Crippen LogP contribution in [-0.2, 0) is 19.0 Å². The third-order valence-corrected chi connectivity index (χ3v) is 3.13. The number of ether oxygens (including phenoxy) is 3. The van der Waals surface area contributed by atoms with Gasteiger partial charge in [-0.05, 0) is 12.8 Å². The maximum absolute atomic E-state index is 11.0. The van der Waals surface area contributed by atoms with Gasteiger partial charge in [0.2, 0.25) is 0 Å². The summed E-state index contributed by atoms with van der Waals surface area (Å²) < 4.78 is 15.6. The monoisotopic (exact) mass is 314 g/mol. The molecule has 4 N–H and O–H groups in total. The van der Waals surface area contributed by atoms with Crippen molar-refractivity contribution < 1.29 is 23.8 Å². The zero-order valence-corrected chi connectivity index (χ0v) is 12.8. The molecule has 0 bridgehead atoms. The Kier molecular flexibility index (Phi) is 7.33. The first-order chi connectivity index (χ1) is 10.5. The number of carbonyl (C=O) groups excluding carboxylic acids is 2. The van der Waals surface area contributed by atoms with Crippen LogP contribution in [-0.4, -0.2) is 55.7 Å². The van der Waals surface area contributed by atoms with E-state index in [1.165, 1.54) is 20.4 Å². The average molecular weight is 314 g/mol. The molecule has 0 saturated carbocycles. The van der Waals surface area contributed by atoms with E-state index in [4.69, 9.17) is 16.2 Å². The third kappa shape index (κ3) is 5.01. The van der Waals surface area contributed by atoms with Crippen LogP contribution in [0.15, 0.2) is 6.20 Å². The Bertz CT molecular complexity index is 497. The second kappa shape index (κ2) is 9.00. The summed E-state index contributed by atoms with van der Waals surface area (Å²) in [5.41, 5.74) is 11.2. The maximum Gasteiger partial charge on any atom is 0.331 e. The molecule has 0 spiro atoms. The number of amides is 1. The molecule has 1 amide bonds. The molecule has 0 radical (unpaired) electrons. The zero-order chi connectivity index (χ0) is 16.5.